The van der Waals surface area contributed by atoms with Gasteiger partial charge in [-0.25, -0.2) is 9.67 Å². The lowest BCUT2D eigenvalue weighted by Crippen LogP contribution is -2.42. The summed E-state index contributed by atoms with van der Waals surface area (Å²) in [5, 5.41) is 4.37. The van der Waals surface area contributed by atoms with E-state index in [1.54, 1.807) is 0 Å². The highest BCUT2D eigenvalue weighted by Crippen LogP contribution is 2.10. The summed E-state index contributed by atoms with van der Waals surface area (Å²) in [7, 11) is 0. The third kappa shape index (κ3) is 3.58. The molecule has 0 saturated carbocycles. The Labute approximate surface area is 128 Å². The number of para-hydroxylation sites is 1. The maximum atomic E-state index is 6.05. The third-order valence-electron chi connectivity index (χ3n) is 3.42. The molecule has 1 aliphatic rings. The summed E-state index contributed by atoms with van der Waals surface area (Å²) in [6.07, 6.45) is 3.84. The van der Waals surface area contributed by atoms with E-state index in [4.69, 9.17) is 5.73 Å². The van der Waals surface area contributed by atoms with Crippen molar-refractivity contribution in [3.8, 4) is 5.69 Å². The Bertz CT molecular complexity index is 602. The summed E-state index contributed by atoms with van der Waals surface area (Å²) in [4.78, 5) is 6.63. The highest BCUT2D eigenvalue weighted by Gasteiger charge is 2.12. The fourth-order valence-electron chi connectivity index (χ4n) is 2.23. The number of nitrogens with two attached hydrogens (primary N) is 1. The van der Waals surface area contributed by atoms with Crippen LogP contribution in [0.1, 0.15) is 5.56 Å². The normalized spacial score (nSPS) is 16.2. The van der Waals surface area contributed by atoms with Crippen molar-refractivity contribution in [2.45, 2.75) is 6.54 Å². The lowest BCUT2D eigenvalue weighted by molar-refractivity contribution is 0.455. The van der Waals surface area contributed by atoms with Gasteiger partial charge in [0, 0.05) is 36.4 Å². The zero-order chi connectivity index (χ0) is 14.5. The molecule has 0 amide bonds. The van der Waals surface area contributed by atoms with Crippen LogP contribution < -0.4 is 5.73 Å². The number of hydrogen-bond acceptors (Lipinski definition) is 3. The van der Waals surface area contributed by atoms with Gasteiger partial charge in [0.25, 0.3) is 0 Å². The molecule has 2 N–H and O–H groups in total. The van der Waals surface area contributed by atoms with Gasteiger partial charge >= 0.3 is 0 Å². The smallest absolute Gasteiger partial charge is 0.191 e. The molecule has 0 aliphatic carbocycles. The largest absolute Gasteiger partial charge is 0.370 e. The molecule has 0 atom stereocenters. The number of benzene rings is 1. The van der Waals surface area contributed by atoms with E-state index in [1.807, 2.05) is 59.2 Å². The topological polar surface area (TPSA) is 59.4 Å². The fourth-order valence-corrected chi connectivity index (χ4v) is 3.13. The van der Waals surface area contributed by atoms with Crippen molar-refractivity contribution in [2.75, 3.05) is 24.6 Å². The van der Waals surface area contributed by atoms with Gasteiger partial charge in [-0.3, -0.25) is 0 Å². The van der Waals surface area contributed by atoms with E-state index in [1.165, 1.54) is 0 Å². The van der Waals surface area contributed by atoms with Gasteiger partial charge in [0.15, 0.2) is 5.96 Å². The first-order valence-corrected chi connectivity index (χ1v) is 8.20. The van der Waals surface area contributed by atoms with Crippen LogP contribution >= 0.6 is 11.8 Å². The van der Waals surface area contributed by atoms with Gasteiger partial charge in [-0.15, -0.1) is 0 Å². The maximum absolute atomic E-state index is 6.05. The van der Waals surface area contributed by atoms with Crippen LogP contribution in [-0.4, -0.2) is 45.2 Å². The summed E-state index contributed by atoms with van der Waals surface area (Å²) >= 11 is 1.97. The number of guanidine groups is 1. The number of hydrogen-bond donors (Lipinski definition) is 1. The predicted molar refractivity (Wildman–Crippen MR) is 87.8 cm³/mol. The molecular formula is C15H19N5S. The monoisotopic (exact) mass is 301 g/mol. The van der Waals surface area contributed by atoms with E-state index < -0.39 is 0 Å². The molecule has 110 valence electrons. The molecule has 1 fully saturated rings. The van der Waals surface area contributed by atoms with Crippen molar-refractivity contribution in [3.05, 3.63) is 48.3 Å². The number of nitrogens with zero attached hydrogens (tertiary/aromatic N) is 4. The van der Waals surface area contributed by atoms with Gasteiger partial charge in [-0.05, 0) is 12.1 Å². The number of aliphatic imine (C=N–C) groups is 1. The van der Waals surface area contributed by atoms with Crippen LogP contribution in [0, 0.1) is 0 Å². The predicted octanol–water partition coefficient (Wildman–Crippen LogP) is 1.74. The summed E-state index contributed by atoms with van der Waals surface area (Å²) in [6.45, 7) is 2.55. The first-order valence-electron chi connectivity index (χ1n) is 7.04. The van der Waals surface area contributed by atoms with Gasteiger partial charge in [0.2, 0.25) is 0 Å². The molecule has 1 saturated heterocycles. The molecule has 0 spiro atoms. The van der Waals surface area contributed by atoms with Gasteiger partial charge in [0.1, 0.15) is 0 Å². The molecule has 0 radical (unpaired) electrons. The zero-order valence-corrected chi connectivity index (χ0v) is 12.7. The summed E-state index contributed by atoms with van der Waals surface area (Å²) in [5.74, 6) is 2.90. The van der Waals surface area contributed by atoms with Gasteiger partial charge in [0.05, 0.1) is 18.4 Å². The summed E-state index contributed by atoms with van der Waals surface area (Å²) in [5.41, 5.74) is 8.17. The second kappa shape index (κ2) is 6.67. The Morgan fingerprint density at radius 1 is 1.24 bits per heavy atom. The molecule has 0 bridgehead atoms. The molecule has 2 heterocycles. The minimum absolute atomic E-state index is 0.572. The quantitative estimate of drug-likeness (QED) is 0.693. The Hall–Kier alpha value is -1.95. The van der Waals surface area contributed by atoms with E-state index >= 15 is 0 Å². The third-order valence-corrected chi connectivity index (χ3v) is 4.36. The Balaban J connectivity index is 1.64. The molecule has 21 heavy (non-hydrogen) atoms. The zero-order valence-electron chi connectivity index (χ0n) is 11.9. The van der Waals surface area contributed by atoms with Crippen LogP contribution in [0.4, 0.5) is 0 Å². The van der Waals surface area contributed by atoms with E-state index in [0.29, 0.717) is 12.5 Å². The van der Waals surface area contributed by atoms with Crippen molar-refractivity contribution in [1.29, 1.82) is 0 Å². The second-order valence-electron chi connectivity index (χ2n) is 4.90. The van der Waals surface area contributed by atoms with E-state index in [0.717, 1.165) is 35.8 Å². The van der Waals surface area contributed by atoms with Crippen LogP contribution in [-0.2, 0) is 6.54 Å². The van der Waals surface area contributed by atoms with Crippen molar-refractivity contribution in [3.63, 3.8) is 0 Å². The first-order chi connectivity index (χ1) is 10.3. The van der Waals surface area contributed by atoms with Crippen molar-refractivity contribution in [1.82, 2.24) is 14.7 Å². The van der Waals surface area contributed by atoms with E-state index in [9.17, 15) is 0 Å². The summed E-state index contributed by atoms with van der Waals surface area (Å²) < 4.78 is 1.86. The Morgan fingerprint density at radius 3 is 2.76 bits per heavy atom. The lowest BCUT2D eigenvalue weighted by Gasteiger charge is -2.27. The average Bonchev–Trinajstić information content (AvgIpc) is 3.03. The minimum Gasteiger partial charge on any atom is -0.370 e. The molecule has 6 heteroatoms. The number of aromatic nitrogens is 2. The molecule has 3 rings (SSSR count). The molecule has 2 aromatic rings. The highest BCUT2D eigenvalue weighted by atomic mass is 32.2. The van der Waals surface area contributed by atoms with Gasteiger partial charge in [-0.1, -0.05) is 18.2 Å². The van der Waals surface area contributed by atoms with Crippen LogP contribution in [0.2, 0.25) is 0 Å². The SMILES string of the molecule is NC(=NCc1cnn(-c2ccccc2)c1)N1CCSCC1. The number of thioether (sulfide) groups is 1. The molecule has 1 aromatic heterocycles. The second-order valence-corrected chi connectivity index (χ2v) is 6.13. The van der Waals surface area contributed by atoms with E-state index in [-0.39, 0.29) is 0 Å². The van der Waals surface area contributed by atoms with Crippen LogP contribution in [0.5, 0.6) is 0 Å². The van der Waals surface area contributed by atoms with Crippen molar-refractivity contribution in [2.24, 2.45) is 10.7 Å². The van der Waals surface area contributed by atoms with Gasteiger partial charge in [-0.2, -0.15) is 16.9 Å². The van der Waals surface area contributed by atoms with E-state index in [2.05, 4.69) is 15.0 Å². The number of rotatable bonds is 3. The molecule has 1 aliphatic heterocycles. The van der Waals surface area contributed by atoms with Crippen molar-refractivity contribution < 1.29 is 0 Å². The molecule has 1 aromatic carbocycles. The highest BCUT2D eigenvalue weighted by molar-refractivity contribution is 7.99. The maximum Gasteiger partial charge on any atom is 0.191 e. The average molecular weight is 301 g/mol. The minimum atomic E-state index is 0.572. The van der Waals surface area contributed by atoms with Crippen LogP contribution in [0.25, 0.3) is 5.69 Å². The fraction of sp³-hybridized carbons (Fsp3) is 0.333. The first kappa shape index (κ1) is 14.0. The molecule has 0 unspecified atom stereocenters. The standard InChI is InChI=1S/C15H19N5S/c16-15(19-6-8-21-9-7-19)17-10-13-11-18-20(12-13)14-4-2-1-3-5-14/h1-5,11-12H,6-10H2,(H2,16,17). The Morgan fingerprint density at radius 2 is 2.00 bits per heavy atom. The van der Waals surface area contributed by atoms with Crippen LogP contribution in [0.15, 0.2) is 47.7 Å². The molecular weight excluding hydrogens is 282 g/mol. The van der Waals surface area contributed by atoms with Crippen LogP contribution in [0.3, 0.4) is 0 Å². The van der Waals surface area contributed by atoms with Crippen molar-refractivity contribution >= 4 is 17.7 Å². The molecule has 5 nitrogen and oxygen atoms in total. The summed E-state index contributed by atoms with van der Waals surface area (Å²) in [6, 6.07) is 10.1. The van der Waals surface area contributed by atoms with Gasteiger partial charge < -0.3 is 10.6 Å². The Kier molecular flexibility index (Phi) is 4.45. The lowest BCUT2D eigenvalue weighted by atomic mass is 10.3.